The average Bonchev–Trinajstić information content (AvgIpc) is 2.36. The van der Waals surface area contributed by atoms with E-state index in [-0.39, 0.29) is 11.8 Å². The number of hydrogen-bond donors (Lipinski definition) is 2. The Balaban J connectivity index is 2.53. The first-order valence-corrected chi connectivity index (χ1v) is 5.63. The van der Waals surface area contributed by atoms with Crippen molar-refractivity contribution in [3.63, 3.8) is 0 Å². The van der Waals surface area contributed by atoms with Crippen LogP contribution in [-0.2, 0) is 4.79 Å². The van der Waals surface area contributed by atoms with Crippen LogP contribution >= 0.6 is 0 Å². The zero-order chi connectivity index (χ0) is 12.9. The normalized spacial score (nSPS) is 10.8. The molecular formula is C13H18N2O2. The average molecular weight is 234 g/mol. The minimum atomic E-state index is -0.482. The maximum absolute atomic E-state index is 11.7. The van der Waals surface area contributed by atoms with Gasteiger partial charge in [-0.05, 0) is 18.6 Å². The first-order valence-electron chi connectivity index (χ1n) is 5.63. The maximum Gasteiger partial charge on any atom is 0.269 e. The molecule has 1 aromatic rings. The number of rotatable bonds is 3. The summed E-state index contributed by atoms with van der Waals surface area (Å²) in [5, 5.41) is 0. The van der Waals surface area contributed by atoms with Crippen LogP contribution in [0.15, 0.2) is 30.3 Å². The number of benzene rings is 1. The van der Waals surface area contributed by atoms with Crippen LogP contribution in [-0.4, -0.2) is 11.8 Å². The van der Waals surface area contributed by atoms with Crippen molar-refractivity contribution in [1.82, 2.24) is 10.9 Å². The van der Waals surface area contributed by atoms with Crippen LogP contribution in [0.3, 0.4) is 0 Å². The molecule has 0 saturated carbocycles. The van der Waals surface area contributed by atoms with Crippen LogP contribution in [0.5, 0.6) is 0 Å². The molecule has 4 heteroatoms. The summed E-state index contributed by atoms with van der Waals surface area (Å²) < 4.78 is 0. The van der Waals surface area contributed by atoms with Gasteiger partial charge in [-0.15, -0.1) is 0 Å². The second-order valence-corrected chi connectivity index (χ2v) is 4.51. The third kappa shape index (κ3) is 3.59. The minimum Gasteiger partial charge on any atom is -0.273 e. The highest BCUT2D eigenvalue weighted by atomic mass is 16.2. The van der Waals surface area contributed by atoms with E-state index < -0.39 is 5.41 Å². The van der Waals surface area contributed by atoms with Crippen LogP contribution in [0.2, 0.25) is 0 Å². The molecule has 1 rings (SSSR count). The molecule has 0 aromatic heterocycles. The second kappa shape index (κ2) is 5.48. The van der Waals surface area contributed by atoms with Crippen LogP contribution < -0.4 is 10.9 Å². The predicted octanol–water partition coefficient (Wildman–Crippen LogP) is 1.88. The molecule has 0 spiro atoms. The molecule has 0 unspecified atom stereocenters. The Morgan fingerprint density at radius 3 is 2.24 bits per heavy atom. The van der Waals surface area contributed by atoms with Gasteiger partial charge in [0.1, 0.15) is 0 Å². The van der Waals surface area contributed by atoms with Crippen molar-refractivity contribution >= 4 is 11.8 Å². The Morgan fingerprint density at radius 2 is 1.71 bits per heavy atom. The quantitative estimate of drug-likeness (QED) is 0.784. The van der Waals surface area contributed by atoms with E-state index in [0.717, 1.165) is 0 Å². The van der Waals surface area contributed by atoms with E-state index in [0.29, 0.717) is 12.0 Å². The smallest absolute Gasteiger partial charge is 0.269 e. The number of carbonyl (C=O) groups excluding carboxylic acids is 2. The Morgan fingerprint density at radius 1 is 1.12 bits per heavy atom. The predicted molar refractivity (Wildman–Crippen MR) is 66.1 cm³/mol. The lowest BCUT2D eigenvalue weighted by Gasteiger charge is -2.21. The van der Waals surface area contributed by atoms with Gasteiger partial charge in [0.15, 0.2) is 0 Å². The third-order valence-electron chi connectivity index (χ3n) is 2.82. The highest BCUT2D eigenvalue weighted by Crippen LogP contribution is 2.18. The van der Waals surface area contributed by atoms with E-state index in [2.05, 4.69) is 10.9 Å². The summed E-state index contributed by atoms with van der Waals surface area (Å²) in [6.45, 7) is 5.59. The fraction of sp³-hybridized carbons (Fsp3) is 0.385. The summed E-state index contributed by atoms with van der Waals surface area (Å²) in [4.78, 5) is 23.3. The molecule has 4 nitrogen and oxygen atoms in total. The van der Waals surface area contributed by atoms with Crippen molar-refractivity contribution in [3.8, 4) is 0 Å². The number of nitrogens with one attached hydrogen (secondary N) is 2. The molecule has 17 heavy (non-hydrogen) atoms. The molecule has 0 aliphatic carbocycles. The Labute approximate surface area is 101 Å². The zero-order valence-corrected chi connectivity index (χ0v) is 10.4. The topological polar surface area (TPSA) is 58.2 Å². The van der Waals surface area contributed by atoms with Crippen molar-refractivity contribution in [1.29, 1.82) is 0 Å². The molecule has 92 valence electrons. The minimum absolute atomic E-state index is 0.190. The number of hydrogen-bond acceptors (Lipinski definition) is 2. The van der Waals surface area contributed by atoms with E-state index in [1.54, 1.807) is 24.3 Å². The van der Waals surface area contributed by atoms with Crippen LogP contribution in [0.25, 0.3) is 0 Å². The summed E-state index contributed by atoms with van der Waals surface area (Å²) in [6.07, 6.45) is 0.708. The number of amides is 2. The van der Waals surface area contributed by atoms with Gasteiger partial charge in [-0.2, -0.15) is 0 Å². The molecule has 0 heterocycles. The lowest BCUT2D eigenvalue weighted by atomic mass is 9.90. The van der Waals surface area contributed by atoms with Gasteiger partial charge in [0.2, 0.25) is 5.91 Å². The van der Waals surface area contributed by atoms with Crippen molar-refractivity contribution in [2.75, 3.05) is 0 Å². The summed E-state index contributed by atoms with van der Waals surface area (Å²) in [6, 6.07) is 8.74. The Kier molecular flexibility index (Phi) is 4.26. The van der Waals surface area contributed by atoms with E-state index in [4.69, 9.17) is 0 Å². The molecule has 0 bridgehead atoms. The van der Waals surface area contributed by atoms with Crippen LogP contribution in [0.1, 0.15) is 37.6 Å². The zero-order valence-electron chi connectivity index (χ0n) is 10.4. The van der Waals surface area contributed by atoms with Crippen molar-refractivity contribution in [2.24, 2.45) is 5.41 Å². The van der Waals surface area contributed by atoms with Crippen LogP contribution in [0.4, 0.5) is 0 Å². The van der Waals surface area contributed by atoms with E-state index in [1.165, 1.54) is 0 Å². The molecule has 0 radical (unpaired) electrons. The van der Waals surface area contributed by atoms with Crippen molar-refractivity contribution < 1.29 is 9.59 Å². The molecular weight excluding hydrogens is 216 g/mol. The Hall–Kier alpha value is -1.84. The molecule has 0 saturated heterocycles. The summed E-state index contributed by atoms with van der Waals surface area (Å²) in [5.74, 6) is -0.505. The maximum atomic E-state index is 11.7. The van der Waals surface area contributed by atoms with Gasteiger partial charge in [0, 0.05) is 11.0 Å². The lowest BCUT2D eigenvalue weighted by Crippen LogP contribution is -2.47. The summed E-state index contributed by atoms with van der Waals surface area (Å²) in [5.41, 5.74) is 4.87. The molecule has 2 N–H and O–H groups in total. The summed E-state index contributed by atoms with van der Waals surface area (Å²) >= 11 is 0. The van der Waals surface area contributed by atoms with Gasteiger partial charge in [-0.1, -0.05) is 39.0 Å². The van der Waals surface area contributed by atoms with Crippen LogP contribution in [0, 0.1) is 5.41 Å². The van der Waals surface area contributed by atoms with E-state index >= 15 is 0 Å². The SMILES string of the molecule is CCC(C)(C)C(=O)NNC(=O)c1ccccc1. The lowest BCUT2D eigenvalue weighted by molar-refractivity contribution is -0.130. The summed E-state index contributed by atoms with van der Waals surface area (Å²) in [7, 11) is 0. The van der Waals surface area contributed by atoms with Crippen molar-refractivity contribution in [3.05, 3.63) is 35.9 Å². The number of carbonyl (C=O) groups is 2. The third-order valence-corrected chi connectivity index (χ3v) is 2.82. The molecule has 1 aromatic carbocycles. The first kappa shape index (κ1) is 13.2. The van der Waals surface area contributed by atoms with Gasteiger partial charge in [-0.25, -0.2) is 0 Å². The largest absolute Gasteiger partial charge is 0.273 e. The molecule has 0 aliphatic rings. The monoisotopic (exact) mass is 234 g/mol. The second-order valence-electron chi connectivity index (χ2n) is 4.51. The molecule has 2 amide bonds. The highest BCUT2D eigenvalue weighted by Gasteiger charge is 2.25. The standard InChI is InChI=1S/C13H18N2O2/c1-4-13(2,3)12(17)15-14-11(16)10-8-6-5-7-9-10/h5-9H,4H2,1-3H3,(H,14,16)(H,15,17). The Bertz CT molecular complexity index is 399. The van der Waals surface area contributed by atoms with Gasteiger partial charge in [0.05, 0.1) is 0 Å². The first-order chi connectivity index (χ1) is 7.97. The number of hydrazine groups is 1. The van der Waals surface area contributed by atoms with Gasteiger partial charge >= 0.3 is 0 Å². The molecule has 0 atom stereocenters. The fourth-order valence-corrected chi connectivity index (χ4v) is 1.10. The molecule has 0 aliphatic heterocycles. The van der Waals surface area contributed by atoms with Gasteiger partial charge in [-0.3, -0.25) is 20.4 Å². The van der Waals surface area contributed by atoms with Crippen molar-refractivity contribution in [2.45, 2.75) is 27.2 Å². The van der Waals surface area contributed by atoms with E-state index in [9.17, 15) is 9.59 Å². The molecule has 0 fully saturated rings. The fourth-order valence-electron chi connectivity index (χ4n) is 1.10. The van der Waals surface area contributed by atoms with E-state index in [1.807, 2.05) is 26.8 Å². The van der Waals surface area contributed by atoms with Gasteiger partial charge < -0.3 is 0 Å². The highest BCUT2D eigenvalue weighted by molar-refractivity contribution is 5.95. The van der Waals surface area contributed by atoms with Gasteiger partial charge in [0.25, 0.3) is 5.91 Å².